The number of nitrogens with zero attached hydrogens (tertiary/aromatic N) is 3. The number of anilines is 2. The molecule has 5 rings (SSSR count). The number of aromatic nitrogens is 2. The number of amides is 2. The van der Waals surface area contributed by atoms with Gasteiger partial charge >= 0.3 is 6.03 Å². The summed E-state index contributed by atoms with van der Waals surface area (Å²) in [4.78, 5) is 16.8. The number of benzene rings is 3. The largest absolute Gasteiger partial charge is 0.492 e. The van der Waals surface area contributed by atoms with E-state index in [0.29, 0.717) is 18.1 Å². The van der Waals surface area contributed by atoms with Gasteiger partial charge in [0.1, 0.15) is 18.2 Å². The lowest BCUT2D eigenvalue weighted by Gasteiger charge is -2.26. The minimum atomic E-state index is -0.339. The molecule has 1 aromatic heterocycles. The Balaban J connectivity index is 1.33. The standard InChI is InChI=1S/C31H37N5O3S/c1-31(2,3)28-21-29(36(34-28)22-9-11-23(40-4)12-10-22)33-30(37)32-26-13-14-27(25-8-6-5-7-24(25)26)39-20-17-35-15-18-38-19-16-35/h5-14,21H,15-20H2,1-4H3,(H2,32,33,37). The smallest absolute Gasteiger partial charge is 0.324 e. The molecule has 1 saturated heterocycles. The Bertz CT molecular complexity index is 1460. The number of hydrogen-bond donors (Lipinski definition) is 2. The van der Waals surface area contributed by atoms with Gasteiger partial charge in [0.05, 0.1) is 30.3 Å². The van der Waals surface area contributed by atoms with Crippen molar-refractivity contribution >= 4 is 40.1 Å². The zero-order chi connectivity index (χ0) is 28.1. The molecule has 4 aromatic rings. The van der Waals surface area contributed by atoms with Crippen molar-refractivity contribution in [2.24, 2.45) is 0 Å². The molecule has 0 spiro atoms. The summed E-state index contributed by atoms with van der Waals surface area (Å²) in [7, 11) is 0. The molecule has 1 fully saturated rings. The average molecular weight is 560 g/mol. The first-order valence-corrected chi connectivity index (χ1v) is 14.8. The SMILES string of the molecule is CSc1ccc(-n2nc(C(C)(C)C)cc2NC(=O)Nc2ccc(OCCN3CCOCC3)c3ccccc23)cc1. The van der Waals surface area contributed by atoms with Crippen LogP contribution in [-0.4, -0.2) is 66.4 Å². The monoisotopic (exact) mass is 559 g/mol. The van der Waals surface area contributed by atoms with Crippen LogP contribution in [0.15, 0.2) is 71.6 Å². The lowest BCUT2D eigenvalue weighted by Crippen LogP contribution is -2.38. The van der Waals surface area contributed by atoms with Crippen LogP contribution in [-0.2, 0) is 10.2 Å². The molecule has 2 amide bonds. The fraction of sp³-hybridized carbons (Fsp3) is 0.355. The van der Waals surface area contributed by atoms with Crippen LogP contribution in [0.4, 0.5) is 16.3 Å². The topological polar surface area (TPSA) is 80.7 Å². The summed E-state index contributed by atoms with van der Waals surface area (Å²) in [6, 6.07) is 21.5. The summed E-state index contributed by atoms with van der Waals surface area (Å²) in [5, 5.41) is 12.8. The van der Waals surface area contributed by atoms with Crippen LogP contribution in [0.1, 0.15) is 26.5 Å². The van der Waals surface area contributed by atoms with E-state index in [9.17, 15) is 4.79 Å². The number of thioether (sulfide) groups is 1. The Hall–Kier alpha value is -3.53. The molecule has 8 nitrogen and oxygen atoms in total. The first-order valence-electron chi connectivity index (χ1n) is 13.6. The highest BCUT2D eigenvalue weighted by atomic mass is 32.2. The van der Waals surface area contributed by atoms with Gasteiger partial charge in [-0.2, -0.15) is 5.10 Å². The zero-order valence-corrected chi connectivity index (χ0v) is 24.4. The number of fused-ring (bicyclic) bond motifs is 1. The average Bonchev–Trinajstić information content (AvgIpc) is 3.39. The van der Waals surface area contributed by atoms with Gasteiger partial charge in [-0.15, -0.1) is 11.8 Å². The molecular formula is C31H37N5O3S. The molecule has 9 heteroatoms. The van der Waals surface area contributed by atoms with Crippen LogP contribution in [0, 0.1) is 0 Å². The number of morpholine rings is 1. The third-order valence-corrected chi connectivity index (χ3v) is 7.68. The molecular weight excluding hydrogens is 522 g/mol. The summed E-state index contributed by atoms with van der Waals surface area (Å²) < 4.78 is 13.4. The lowest BCUT2D eigenvalue weighted by molar-refractivity contribution is 0.0323. The van der Waals surface area contributed by atoms with E-state index in [-0.39, 0.29) is 11.4 Å². The van der Waals surface area contributed by atoms with Crippen molar-refractivity contribution < 1.29 is 14.3 Å². The second-order valence-corrected chi connectivity index (χ2v) is 11.7. The molecule has 2 heterocycles. The molecule has 0 saturated carbocycles. The van der Waals surface area contributed by atoms with Crippen LogP contribution in [0.25, 0.3) is 16.5 Å². The van der Waals surface area contributed by atoms with Gasteiger partial charge in [-0.1, -0.05) is 45.0 Å². The van der Waals surface area contributed by atoms with Crippen LogP contribution in [0.3, 0.4) is 0 Å². The van der Waals surface area contributed by atoms with Crippen LogP contribution >= 0.6 is 11.8 Å². The van der Waals surface area contributed by atoms with E-state index < -0.39 is 0 Å². The van der Waals surface area contributed by atoms with E-state index >= 15 is 0 Å². The molecule has 0 bridgehead atoms. The quantitative estimate of drug-likeness (QED) is 0.243. The van der Waals surface area contributed by atoms with Crippen molar-refractivity contribution in [3.63, 3.8) is 0 Å². The van der Waals surface area contributed by atoms with Crippen molar-refractivity contribution in [2.75, 3.05) is 56.3 Å². The number of nitrogens with one attached hydrogen (secondary N) is 2. The van der Waals surface area contributed by atoms with Crippen molar-refractivity contribution in [1.82, 2.24) is 14.7 Å². The van der Waals surface area contributed by atoms with Gasteiger partial charge in [0.25, 0.3) is 0 Å². The molecule has 1 aliphatic rings. The van der Waals surface area contributed by atoms with Gasteiger partial charge < -0.3 is 14.8 Å². The lowest BCUT2D eigenvalue weighted by atomic mass is 9.92. The maximum atomic E-state index is 13.3. The van der Waals surface area contributed by atoms with Gasteiger partial charge in [-0.05, 0) is 42.7 Å². The highest BCUT2D eigenvalue weighted by molar-refractivity contribution is 7.98. The molecule has 40 heavy (non-hydrogen) atoms. The number of hydrogen-bond acceptors (Lipinski definition) is 6. The Morgan fingerprint density at radius 1 is 1.00 bits per heavy atom. The van der Waals surface area contributed by atoms with E-state index in [1.54, 1.807) is 16.4 Å². The molecule has 3 aromatic carbocycles. The summed E-state index contributed by atoms with van der Waals surface area (Å²) >= 11 is 1.69. The van der Waals surface area contributed by atoms with Gasteiger partial charge in [0.15, 0.2) is 0 Å². The fourth-order valence-corrected chi connectivity index (χ4v) is 5.05. The predicted octanol–water partition coefficient (Wildman–Crippen LogP) is 6.40. The molecule has 0 atom stereocenters. The number of urea groups is 1. The van der Waals surface area contributed by atoms with Crippen molar-refractivity contribution in [1.29, 1.82) is 0 Å². The summed E-state index contributed by atoms with van der Waals surface area (Å²) in [5.41, 5.74) is 2.30. The fourth-order valence-electron chi connectivity index (χ4n) is 4.64. The first-order chi connectivity index (χ1) is 19.3. The van der Waals surface area contributed by atoms with E-state index in [4.69, 9.17) is 14.6 Å². The van der Waals surface area contributed by atoms with E-state index in [1.807, 2.05) is 60.9 Å². The molecule has 210 valence electrons. The van der Waals surface area contributed by atoms with E-state index in [1.165, 1.54) is 4.90 Å². The Morgan fingerprint density at radius 3 is 2.42 bits per heavy atom. The third-order valence-electron chi connectivity index (χ3n) is 6.94. The van der Waals surface area contributed by atoms with Gasteiger partial charge in [0, 0.05) is 46.8 Å². The Labute approximate surface area is 240 Å². The molecule has 2 N–H and O–H groups in total. The highest BCUT2D eigenvalue weighted by Gasteiger charge is 2.22. The van der Waals surface area contributed by atoms with Crippen molar-refractivity contribution in [2.45, 2.75) is 31.1 Å². The molecule has 0 aliphatic carbocycles. The minimum absolute atomic E-state index is 0.175. The van der Waals surface area contributed by atoms with Gasteiger partial charge in [-0.3, -0.25) is 10.2 Å². The van der Waals surface area contributed by atoms with E-state index in [2.05, 4.69) is 48.4 Å². The number of carbonyl (C=O) groups excluding carboxylic acids is 1. The zero-order valence-electron chi connectivity index (χ0n) is 23.6. The molecule has 1 aliphatic heterocycles. The second kappa shape index (κ2) is 12.3. The van der Waals surface area contributed by atoms with Gasteiger partial charge in [0.2, 0.25) is 0 Å². The molecule has 0 unspecified atom stereocenters. The van der Waals surface area contributed by atoms with Crippen LogP contribution < -0.4 is 15.4 Å². The van der Waals surface area contributed by atoms with Crippen LogP contribution in [0.5, 0.6) is 5.75 Å². The summed E-state index contributed by atoms with van der Waals surface area (Å²) in [6.45, 7) is 11.2. The van der Waals surface area contributed by atoms with Crippen molar-refractivity contribution in [3.8, 4) is 11.4 Å². The highest BCUT2D eigenvalue weighted by Crippen LogP contribution is 2.32. The van der Waals surface area contributed by atoms with E-state index in [0.717, 1.165) is 60.8 Å². The summed E-state index contributed by atoms with van der Waals surface area (Å²) in [6.07, 6.45) is 2.05. The van der Waals surface area contributed by atoms with Crippen molar-refractivity contribution in [3.05, 3.63) is 72.4 Å². The minimum Gasteiger partial charge on any atom is -0.492 e. The number of ether oxygens (including phenoxy) is 2. The van der Waals surface area contributed by atoms with Gasteiger partial charge in [-0.25, -0.2) is 9.48 Å². The number of rotatable bonds is 8. The van der Waals surface area contributed by atoms with Crippen LogP contribution in [0.2, 0.25) is 0 Å². The molecule has 0 radical (unpaired) electrons. The summed E-state index contributed by atoms with van der Waals surface area (Å²) in [5.74, 6) is 1.41. The number of carbonyl (C=O) groups is 1. The maximum absolute atomic E-state index is 13.3. The Morgan fingerprint density at radius 2 is 1.73 bits per heavy atom. The maximum Gasteiger partial charge on any atom is 0.324 e. The second-order valence-electron chi connectivity index (χ2n) is 10.8. The first kappa shape index (κ1) is 28.0. The Kier molecular flexibility index (Phi) is 8.63. The normalized spacial score (nSPS) is 14.3. The third kappa shape index (κ3) is 6.60. The predicted molar refractivity (Wildman–Crippen MR) is 163 cm³/mol.